The molecule has 0 spiro atoms. The van der Waals surface area contributed by atoms with Crippen molar-refractivity contribution in [2.75, 3.05) is 5.32 Å². The van der Waals surface area contributed by atoms with Gasteiger partial charge in [-0.3, -0.25) is 0 Å². The molecule has 0 amide bonds. The maximum Gasteiger partial charge on any atom is 0.171 e. The average Bonchev–Trinajstić information content (AvgIpc) is 2.51. The van der Waals surface area contributed by atoms with Gasteiger partial charge >= 0.3 is 0 Å². The van der Waals surface area contributed by atoms with Crippen molar-refractivity contribution < 1.29 is 8.78 Å². The van der Waals surface area contributed by atoms with Crippen LogP contribution in [0.2, 0.25) is 0 Å². The Hall–Kier alpha value is -2.01. The van der Waals surface area contributed by atoms with Crippen LogP contribution >= 0.6 is 12.2 Å². The van der Waals surface area contributed by atoms with Crippen molar-refractivity contribution in [2.45, 2.75) is 32.7 Å². The van der Waals surface area contributed by atoms with E-state index in [2.05, 4.69) is 41.8 Å². The zero-order valence-electron chi connectivity index (χ0n) is 13.2. The molecule has 2 aromatic rings. The maximum absolute atomic E-state index is 13.6. The van der Waals surface area contributed by atoms with Gasteiger partial charge in [0.05, 0.1) is 11.7 Å². The molecule has 2 rings (SSSR count). The SMILES string of the molecule is CCCc1ccc(C(C)NC(=S)Nc2ccc(F)cc2F)cc1. The van der Waals surface area contributed by atoms with E-state index < -0.39 is 11.6 Å². The van der Waals surface area contributed by atoms with E-state index in [4.69, 9.17) is 12.2 Å². The summed E-state index contributed by atoms with van der Waals surface area (Å²) in [6.45, 7) is 4.13. The number of benzene rings is 2. The van der Waals surface area contributed by atoms with Crippen molar-refractivity contribution in [3.8, 4) is 0 Å². The molecule has 0 aliphatic heterocycles. The van der Waals surface area contributed by atoms with Crippen molar-refractivity contribution in [1.29, 1.82) is 0 Å². The third kappa shape index (κ3) is 4.99. The van der Waals surface area contributed by atoms with E-state index in [0.29, 0.717) is 5.11 Å². The van der Waals surface area contributed by atoms with Crippen LogP contribution in [0.4, 0.5) is 14.5 Å². The second-order valence-electron chi connectivity index (χ2n) is 5.44. The minimum Gasteiger partial charge on any atom is -0.356 e. The third-order valence-corrected chi connectivity index (χ3v) is 3.77. The number of nitrogens with one attached hydrogen (secondary N) is 2. The van der Waals surface area contributed by atoms with E-state index >= 15 is 0 Å². The number of hydrogen-bond donors (Lipinski definition) is 2. The minimum atomic E-state index is -0.675. The monoisotopic (exact) mass is 334 g/mol. The predicted molar refractivity (Wildman–Crippen MR) is 94.6 cm³/mol. The Morgan fingerprint density at radius 2 is 1.83 bits per heavy atom. The molecule has 0 saturated carbocycles. The van der Waals surface area contributed by atoms with Crippen LogP contribution in [0.1, 0.15) is 37.4 Å². The Kier molecular flexibility index (Phi) is 6.04. The number of hydrogen-bond acceptors (Lipinski definition) is 1. The van der Waals surface area contributed by atoms with Crippen LogP contribution < -0.4 is 10.6 Å². The van der Waals surface area contributed by atoms with E-state index in [9.17, 15) is 8.78 Å². The quantitative estimate of drug-likeness (QED) is 0.755. The highest BCUT2D eigenvalue weighted by Crippen LogP contribution is 2.17. The Labute approximate surface area is 140 Å². The molecule has 0 heterocycles. The summed E-state index contributed by atoms with van der Waals surface area (Å²) in [7, 11) is 0. The molecule has 1 unspecified atom stereocenters. The number of thiocarbonyl (C=S) groups is 1. The smallest absolute Gasteiger partial charge is 0.171 e. The van der Waals surface area contributed by atoms with Gasteiger partial charge in [-0.1, -0.05) is 37.6 Å². The Morgan fingerprint density at radius 3 is 2.43 bits per heavy atom. The first-order chi connectivity index (χ1) is 11.0. The lowest BCUT2D eigenvalue weighted by atomic mass is 10.0. The van der Waals surface area contributed by atoms with E-state index in [1.165, 1.54) is 17.7 Å². The number of halogens is 2. The Bertz CT molecular complexity index is 671. The molecule has 0 aromatic heterocycles. The van der Waals surface area contributed by atoms with Gasteiger partial charge in [-0.15, -0.1) is 0 Å². The molecule has 122 valence electrons. The second kappa shape index (κ2) is 8.02. The highest BCUT2D eigenvalue weighted by molar-refractivity contribution is 7.80. The molecular formula is C18H20F2N2S. The molecule has 0 radical (unpaired) electrons. The molecule has 0 fully saturated rings. The highest BCUT2D eigenvalue weighted by atomic mass is 32.1. The molecule has 0 saturated heterocycles. The van der Waals surface area contributed by atoms with Gasteiger partial charge in [0.2, 0.25) is 0 Å². The van der Waals surface area contributed by atoms with Crippen LogP contribution in [0, 0.1) is 11.6 Å². The fourth-order valence-electron chi connectivity index (χ4n) is 2.29. The van der Waals surface area contributed by atoms with E-state index in [1.807, 2.05) is 6.92 Å². The summed E-state index contributed by atoms with van der Waals surface area (Å²) in [5, 5.41) is 6.14. The first-order valence-electron chi connectivity index (χ1n) is 7.61. The molecule has 0 bridgehead atoms. The van der Waals surface area contributed by atoms with Crippen LogP contribution in [0.3, 0.4) is 0 Å². The summed E-state index contributed by atoms with van der Waals surface area (Å²) in [5.41, 5.74) is 2.54. The van der Waals surface area contributed by atoms with Crippen LogP contribution in [0.25, 0.3) is 0 Å². The molecule has 2 N–H and O–H groups in total. The maximum atomic E-state index is 13.6. The summed E-state index contributed by atoms with van der Waals surface area (Å²) in [4.78, 5) is 0. The predicted octanol–water partition coefficient (Wildman–Crippen LogP) is 4.96. The molecule has 0 aliphatic rings. The van der Waals surface area contributed by atoms with Crippen molar-refractivity contribution in [3.63, 3.8) is 0 Å². The summed E-state index contributed by atoms with van der Waals surface area (Å²) in [6.07, 6.45) is 2.18. The zero-order valence-corrected chi connectivity index (χ0v) is 14.0. The van der Waals surface area contributed by atoms with Gasteiger partial charge in [-0.2, -0.15) is 0 Å². The molecule has 5 heteroatoms. The van der Waals surface area contributed by atoms with Crippen molar-refractivity contribution in [2.24, 2.45) is 0 Å². The van der Waals surface area contributed by atoms with Gasteiger partial charge in [0, 0.05) is 6.07 Å². The summed E-state index contributed by atoms with van der Waals surface area (Å²) in [5.74, 6) is -1.29. The minimum absolute atomic E-state index is 0.0193. The van der Waals surface area contributed by atoms with Crippen LogP contribution in [0.5, 0.6) is 0 Å². The molecule has 2 aromatic carbocycles. The lowest BCUT2D eigenvalue weighted by Gasteiger charge is -2.18. The van der Waals surface area contributed by atoms with Gasteiger partial charge < -0.3 is 10.6 Å². The summed E-state index contributed by atoms with van der Waals surface area (Å²) >= 11 is 5.19. The van der Waals surface area contributed by atoms with E-state index in [0.717, 1.165) is 24.5 Å². The highest BCUT2D eigenvalue weighted by Gasteiger charge is 2.09. The van der Waals surface area contributed by atoms with Gasteiger partial charge in [0.25, 0.3) is 0 Å². The standard InChI is InChI=1S/C18H20F2N2S/c1-3-4-13-5-7-14(8-6-13)12(2)21-18(23)22-17-10-9-15(19)11-16(17)20/h5-12H,3-4H2,1-2H3,(H2,21,22,23). The van der Waals surface area contributed by atoms with Crippen molar-refractivity contribution in [3.05, 3.63) is 65.2 Å². The molecule has 1 atom stereocenters. The second-order valence-corrected chi connectivity index (χ2v) is 5.84. The summed E-state index contributed by atoms with van der Waals surface area (Å²) < 4.78 is 26.5. The summed E-state index contributed by atoms with van der Waals surface area (Å²) in [6, 6.07) is 11.6. The fourth-order valence-corrected chi connectivity index (χ4v) is 2.58. The first kappa shape index (κ1) is 17.3. The molecule has 23 heavy (non-hydrogen) atoms. The first-order valence-corrected chi connectivity index (χ1v) is 8.02. The topological polar surface area (TPSA) is 24.1 Å². The normalized spacial score (nSPS) is 11.8. The molecule has 2 nitrogen and oxygen atoms in total. The third-order valence-electron chi connectivity index (χ3n) is 3.55. The largest absolute Gasteiger partial charge is 0.356 e. The number of rotatable bonds is 5. The fraction of sp³-hybridized carbons (Fsp3) is 0.278. The van der Waals surface area contributed by atoms with Crippen LogP contribution in [0.15, 0.2) is 42.5 Å². The molecular weight excluding hydrogens is 314 g/mol. The average molecular weight is 334 g/mol. The number of aryl methyl sites for hydroxylation is 1. The van der Waals surface area contributed by atoms with Crippen LogP contribution in [-0.2, 0) is 6.42 Å². The molecule has 0 aliphatic carbocycles. The van der Waals surface area contributed by atoms with Gasteiger partial charge in [-0.25, -0.2) is 8.78 Å². The van der Waals surface area contributed by atoms with Crippen LogP contribution in [-0.4, -0.2) is 5.11 Å². The van der Waals surface area contributed by atoms with Crippen molar-refractivity contribution in [1.82, 2.24) is 5.32 Å². The number of anilines is 1. The lowest BCUT2D eigenvalue weighted by molar-refractivity contribution is 0.586. The van der Waals surface area contributed by atoms with Gasteiger partial charge in [0.15, 0.2) is 5.11 Å². The Morgan fingerprint density at radius 1 is 1.13 bits per heavy atom. The van der Waals surface area contributed by atoms with Crippen molar-refractivity contribution >= 4 is 23.0 Å². The van der Waals surface area contributed by atoms with Gasteiger partial charge in [0.1, 0.15) is 11.6 Å². The van der Waals surface area contributed by atoms with Gasteiger partial charge in [-0.05, 0) is 48.8 Å². The lowest BCUT2D eigenvalue weighted by Crippen LogP contribution is -2.31. The Balaban J connectivity index is 1.96. The zero-order chi connectivity index (χ0) is 16.8. The van der Waals surface area contributed by atoms with E-state index in [-0.39, 0.29) is 11.7 Å². The van der Waals surface area contributed by atoms with E-state index in [1.54, 1.807) is 0 Å².